The first-order valence-corrected chi connectivity index (χ1v) is 8.63. The quantitative estimate of drug-likeness (QED) is 0.705. The second kappa shape index (κ2) is 9.01. The maximum atomic E-state index is 6.29. The molecule has 1 aliphatic rings. The molecule has 0 heterocycles. The highest BCUT2D eigenvalue weighted by molar-refractivity contribution is 4.98. The molecule has 0 aromatic heterocycles. The molecule has 0 aromatic carbocycles. The molecule has 2 unspecified atom stereocenters. The van der Waals surface area contributed by atoms with Gasteiger partial charge in [-0.15, -0.1) is 0 Å². The molecule has 0 aliphatic heterocycles. The molecule has 0 amide bonds. The van der Waals surface area contributed by atoms with Crippen LogP contribution >= 0.6 is 0 Å². The van der Waals surface area contributed by atoms with Gasteiger partial charge in [-0.1, -0.05) is 40.0 Å². The maximum Gasteiger partial charge on any atom is 0.0590 e. The number of hydrogen-bond donors (Lipinski definition) is 1. The molecule has 2 atom stereocenters. The number of ether oxygens (including phenoxy) is 1. The molecular formula is C17H36N2O. The highest BCUT2D eigenvalue weighted by Gasteiger charge is 2.41. The lowest BCUT2D eigenvalue weighted by Crippen LogP contribution is -2.60. The summed E-state index contributed by atoms with van der Waals surface area (Å²) in [6.07, 6.45) is 8.97. The summed E-state index contributed by atoms with van der Waals surface area (Å²) in [7, 11) is 1.80. The first-order chi connectivity index (χ1) is 9.67. The molecule has 0 spiro atoms. The fourth-order valence-corrected chi connectivity index (χ4v) is 4.10. The van der Waals surface area contributed by atoms with E-state index in [2.05, 4.69) is 25.7 Å². The van der Waals surface area contributed by atoms with Crippen molar-refractivity contribution in [3.05, 3.63) is 0 Å². The highest BCUT2D eigenvalue weighted by Crippen LogP contribution is 2.39. The zero-order valence-corrected chi connectivity index (χ0v) is 14.2. The van der Waals surface area contributed by atoms with Gasteiger partial charge in [0.1, 0.15) is 0 Å². The molecule has 1 rings (SSSR count). The van der Waals surface area contributed by atoms with Gasteiger partial charge >= 0.3 is 0 Å². The molecule has 1 saturated carbocycles. The number of hydrogen-bond acceptors (Lipinski definition) is 3. The normalized spacial score (nSPS) is 27.4. The van der Waals surface area contributed by atoms with E-state index < -0.39 is 0 Å². The van der Waals surface area contributed by atoms with E-state index in [0.29, 0.717) is 6.04 Å². The molecular weight excluding hydrogens is 248 g/mol. The van der Waals surface area contributed by atoms with Crippen LogP contribution in [0, 0.1) is 5.92 Å². The van der Waals surface area contributed by atoms with Crippen molar-refractivity contribution in [2.45, 2.75) is 77.3 Å². The van der Waals surface area contributed by atoms with Gasteiger partial charge in [0.25, 0.3) is 0 Å². The molecule has 3 heteroatoms. The Morgan fingerprint density at radius 1 is 1.30 bits per heavy atom. The fourth-order valence-electron chi connectivity index (χ4n) is 4.10. The van der Waals surface area contributed by atoms with Gasteiger partial charge in [0.2, 0.25) is 0 Å². The summed E-state index contributed by atoms with van der Waals surface area (Å²) >= 11 is 0. The Morgan fingerprint density at radius 2 is 2.00 bits per heavy atom. The average molecular weight is 284 g/mol. The Bertz CT molecular complexity index is 255. The summed E-state index contributed by atoms with van der Waals surface area (Å²) in [5, 5.41) is 0. The van der Waals surface area contributed by atoms with Crippen molar-refractivity contribution < 1.29 is 4.74 Å². The lowest BCUT2D eigenvalue weighted by Gasteiger charge is -2.51. The number of nitrogens with two attached hydrogens (primary N) is 1. The standard InChI is InChI=1S/C17H36N2O/c1-5-15-9-8-10-17(13-15,14-18)19(11-12-20-4)16(6-2)7-3/h15-16H,5-14,18H2,1-4H3. The van der Waals surface area contributed by atoms with Crippen molar-refractivity contribution >= 4 is 0 Å². The largest absolute Gasteiger partial charge is 0.383 e. The van der Waals surface area contributed by atoms with E-state index in [0.717, 1.165) is 25.6 Å². The third-order valence-electron chi connectivity index (χ3n) is 5.41. The molecule has 1 fully saturated rings. The van der Waals surface area contributed by atoms with Gasteiger partial charge in [0.15, 0.2) is 0 Å². The number of rotatable bonds is 9. The van der Waals surface area contributed by atoms with Crippen molar-refractivity contribution in [2.24, 2.45) is 11.7 Å². The van der Waals surface area contributed by atoms with Crippen molar-refractivity contribution in [1.82, 2.24) is 4.90 Å². The van der Waals surface area contributed by atoms with Gasteiger partial charge in [-0.05, 0) is 31.6 Å². The van der Waals surface area contributed by atoms with Crippen LogP contribution in [0.4, 0.5) is 0 Å². The molecule has 20 heavy (non-hydrogen) atoms. The lowest BCUT2D eigenvalue weighted by atomic mass is 9.73. The van der Waals surface area contributed by atoms with E-state index in [4.69, 9.17) is 10.5 Å². The molecule has 1 aliphatic carbocycles. The zero-order chi connectivity index (χ0) is 15.0. The molecule has 2 N–H and O–H groups in total. The third-order valence-corrected chi connectivity index (χ3v) is 5.41. The van der Waals surface area contributed by atoms with E-state index in [9.17, 15) is 0 Å². The van der Waals surface area contributed by atoms with Gasteiger partial charge in [0.05, 0.1) is 6.61 Å². The van der Waals surface area contributed by atoms with E-state index in [1.807, 2.05) is 0 Å². The van der Waals surface area contributed by atoms with Crippen molar-refractivity contribution in [1.29, 1.82) is 0 Å². The van der Waals surface area contributed by atoms with Crippen LogP contribution in [0.2, 0.25) is 0 Å². The van der Waals surface area contributed by atoms with Gasteiger partial charge in [0, 0.05) is 31.8 Å². The Kier molecular flexibility index (Phi) is 8.08. The second-order valence-electron chi connectivity index (χ2n) is 6.46. The molecule has 120 valence electrons. The van der Waals surface area contributed by atoms with Gasteiger partial charge in [-0.2, -0.15) is 0 Å². The molecule has 0 bridgehead atoms. The topological polar surface area (TPSA) is 38.5 Å². The minimum absolute atomic E-state index is 0.216. The Balaban J connectivity index is 2.92. The maximum absolute atomic E-state index is 6.29. The van der Waals surface area contributed by atoms with Gasteiger partial charge < -0.3 is 10.5 Å². The van der Waals surface area contributed by atoms with Crippen LogP contribution in [-0.2, 0) is 4.74 Å². The predicted molar refractivity (Wildman–Crippen MR) is 87.0 cm³/mol. The minimum Gasteiger partial charge on any atom is -0.383 e. The molecule has 0 saturated heterocycles. The SMILES string of the molecule is CCC1CCCC(CN)(N(CCOC)C(CC)CC)C1. The Hall–Kier alpha value is -0.120. The van der Waals surface area contributed by atoms with Gasteiger partial charge in [-0.25, -0.2) is 0 Å². The second-order valence-corrected chi connectivity index (χ2v) is 6.46. The Labute approximate surface area is 126 Å². The highest BCUT2D eigenvalue weighted by atomic mass is 16.5. The lowest BCUT2D eigenvalue weighted by molar-refractivity contribution is -0.0167. The molecule has 3 nitrogen and oxygen atoms in total. The zero-order valence-electron chi connectivity index (χ0n) is 14.2. The summed E-state index contributed by atoms with van der Waals surface area (Å²) < 4.78 is 5.36. The predicted octanol–water partition coefficient (Wildman–Crippen LogP) is 3.42. The molecule has 0 radical (unpaired) electrons. The van der Waals surface area contributed by atoms with Crippen LogP contribution in [0.5, 0.6) is 0 Å². The van der Waals surface area contributed by atoms with Crippen LogP contribution in [0.25, 0.3) is 0 Å². The van der Waals surface area contributed by atoms with Crippen molar-refractivity contribution in [3.8, 4) is 0 Å². The number of nitrogens with zero attached hydrogens (tertiary/aromatic N) is 1. The van der Waals surface area contributed by atoms with Crippen molar-refractivity contribution in [2.75, 3.05) is 26.8 Å². The summed E-state index contributed by atoms with van der Waals surface area (Å²) in [4.78, 5) is 2.71. The smallest absolute Gasteiger partial charge is 0.0590 e. The van der Waals surface area contributed by atoms with Crippen LogP contribution in [0.1, 0.15) is 65.7 Å². The summed E-state index contributed by atoms with van der Waals surface area (Å²) in [6.45, 7) is 9.57. The van der Waals surface area contributed by atoms with Crippen LogP contribution < -0.4 is 5.73 Å². The van der Waals surface area contributed by atoms with E-state index in [-0.39, 0.29) is 5.54 Å². The van der Waals surface area contributed by atoms with Gasteiger partial charge in [-0.3, -0.25) is 4.90 Å². The number of methoxy groups -OCH3 is 1. The Morgan fingerprint density at radius 3 is 2.50 bits per heavy atom. The monoisotopic (exact) mass is 284 g/mol. The van der Waals surface area contributed by atoms with E-state index >= 15 is 0 Å². The fraction of sp³-hybridized carbons (Fsp3) is 1.00. The summed E-state index contributed by atoms with van der Waals surface area (Å²) in [6, 6.07) is 0.643. The first-order valence-electron chi connectivity index (χ1n) is 8.63. The van der Waals surface area contributed by atoms with Crippen LogP contribution in [-0.4, -0.2) is 43.3 Å². The van der Waals surface area contributed by atoms with Crippen LogP contribution in [0.15, 0.2) is 0 Å². The van der Waals surface area contributed by atoms with Crippen LogP contribution in [0.3, 0.4) is 0 Å². The minimum atomic E-state index is 0.216. The summed E-state index contributed by atoms with van der Waals surface area (Å²) in [5.41, 5.74) is 6.51. The third kappa shape index (κ3) is 4.19. The van der Waals surface area contributed by atoms with E-state index in [1.54, 1.807) is 7.11 Å². The molecule has 0 aromatic rings. The summed E-state index contributed by atoms with van der Waals surface area (Å²) in [5.74, 6) is 0.853. The van der Waals surface area contributed by atoms with Crippen molar-refractivity contribution in [3.63, 3.8) is 0 Å². The van der Waals surface area contributed by atoms with E-state index in [1.165, 1.54) is 44.9 Å². The first kappa shape index (κ1) is 17.9. The average Bonchev–Trinajstić information content (AvgIpc) is 2.51.